The average molecular weight is 287 g/mol. The number of para-hydroxylation sites is 1. The molecule has 1 N–H and O–H groups in total. The van der Waals surface area contributed by atoms with Crippen LogP contribution in [0.4, 0.5) is 5.95 Å². The van der Waals surface area contributed by atoms with Gasteiger partial charge in [-0.15, -0.1) is 0 Å². The zero-order valence-corrected chi connectivity index (χ0v) is 11.6. The second-order valence-electron chi connectivity index (χ2n) is 5.28. The van der Waals surface area contributed by atoms with Gasteiger partial charge in [0.15, 0.2) is 0 Å². The van der Waals surface area contributed by atoms with E-state index in [4.69, 9.17) is 5.11 Å². The van der Waals surface area contributed by atoms with Crippen LogP contribution in [0.1, 0.15) is 19.3 Å². The van der Waals surface area contributed by atoms with Gasteiger partial charge in [0.05, 0.1) is 5.69 Å². The lowest BCUT2D eigenvalue weighted by Gasteiger charge is -2.32. The van der Waals surface area contributed by atoms with Crippen molar-refractivity contribution in [2.24, 2.45) is 5.92 Å². The van der Waals surface area contributed by atoms with Crippen molar-refractivity contribution >= 4 is 11.9 Å². The van der Waals surface area contributed by atoms with Crippen molar-refractivity contribution < 1.29 is 9.90 Å². The van der Waals surface area contributed by atoms with Gasteiger partial charge >= 0.3 is 5.97 Å². The number of piperidine rings is 1. The normalized spacial score (nSPS) is 18.7. The van der Waals surface area contributed by atoms with Crippen LogP contribution in [-0.4, -0.2) is 44.4 Å². The summed E-state index contributed by atoms with van der Waals surface area (Å²) in [7, 11) is 0. The lowest BCUT2D eigenvalue weighted by molar-refractivity contribution is -0.138. The molecule has 1 aromatic heterocycles. The number of hydrogen-bond donors (Lipinski definition) is 1. The lowest BCUT2D eigenvalue weighted by Crippen LogP contribution is -2.37. The summed E-state index contributed by atoms with van der Waals surface area (Å²) < 4.78 is 1.70. The van der Waals surface area contributed by atoms with Gasteiger partial charge in [-0.2, -0.15) is 4.68 Å². The maximum absolute atomic E-state index is 10.9. The Kier molecular flexibility index (Phi) is 3.81. The number of anilines is 1. The molecule has 0 spiro atoms. The Morgan fingerprint density at radius 1 is 1.33 bits per heavy atom. The first-order valence-electron chi connectivity index (χ1n) is 7.04. The van der Waals surface area contributed by atoms with Gasteiger partial charge in [-0.3, -0.25) is 4.79 Å². The molecule has 7 heteroatoms. The van der Waals surface area contributed by atoms with E-state index in [0.717, 1.165) is 25.1 Å². The maximum atomic E-state index is 10.9. The molecule has 1 aliphatic rings. The molecule has 7 nitrogen and oxygen atoms in total. The van der Waals surface area contributed by atoms with Crippen molar-refractivity contribution in [2.75, 3.05) is 18.0 Å². The van der Waals surface area contributed by atoms with Crippen LogP contribution in [0.2, 0.25) is 0 Å². The van der Waals surface area contributed by atoms with Gasteiger partial charge in [-0.05, 0) is 41.3 Å². The number of carboxylic acid groups (broad SMARTS) is 1. The van der Waals surface area contributed by atoms with Gasteiger partial charge in [0.25, 0.3) is 0 Å². The van der Waals surface area contributed by atoms with Crippen LogP contribution < -0.4 is 4.90 Å². The molecular formula is C14H17N5O2. The third-order valence-electron chi connectivity index (χ3n) is 3.72. The zero-order valence-electron chi connectivity index (χ0n) is 11.6. The van der Waals surface area contributed by atoms with Crippen molar-refractivity contribution in [3.05, 3.63) is 30.3 Å². The van der Waals surface area contributed by atoms with E-state index in [9.17, 15) is 4.79 Å². The van der Waals surface area contributed by atoms with Gasteiger partial charge < -0.3 is 10.0 Å². The molecule has 1 aromatic carbocycles. The Labute approximate surface area is 122 Å². The first-order chi connectivity index (χ1) is 10.2. The van der Waals surface area contributed by atoms with Gasteiger partial charge in [0.2, 0.25) is 5.95 Å². The first-order valence-corrected chi connectivity index (χ1v) is 7.04. The van der Waals surface area contributed by atoms with E-state index in [2.05, 4.69) is 20.4 Å². The molecule has 2 heterocycles. The maximum Gasteiger partial charge on any atom is 0.303 e. The zero-order chi connectivity index (χ0) is 14.7. The van der Waals surface area contributed by atoms with Crippen LogP contribution in [-0.2, 0) is 4.79 Å². The molecule has 1 fully saturated rings. The number of nitrogens with zero attached hydrogens (tertiary/aromatic N) is 5. The third kappa shape index (κ3) is 3.01. The summed E-state index contributed by atoms with van der Waals surface area (Å²) in [5, 5.41) is 20.9. The number of tetrazole rings is 1. The number of aliphatic carboxylic acids is 1. The van der Waals surface area contributed by atoms with Crippen LogP contribution in [0.15, 0.2) is 30.3 Å². The molecule has 0 bridgehead atoms. The van der Waals surface area contributed by atoms with E-state index in [-0.39, 0.29) is 12.3 Å². The Balaban J connectivity index is 1.81. The minimum absolute atomic E-state index is 0.150. The van der Waals surface area contributed by atoms with E-state index in [1.807, 2.05) is 30.3 Å². The quantitative estimate of drug-likeness (QED) is 0.914. The third-order valence-corrected chi connectivity index (χ3v) is 3.72. The standard InChI is InChI=1S/C14H17N5O2/c20-13(21)9-11-5-4-8-18(10-11)14-15-16-17-19(14)12-6-2-1-3-7-12/h1-3,6-7,11H,4-5,8-10H2,(H,20,21). The number of benzene rings is 1. The molecule has 0 saturated carbocycles. The first kappa shape index (κ1) is 13.5. The van der Waals surface area contributed by atoms with Crippen molar-refractivity contribution in [2.45, 2.75) is 19.3 Å². The number of rotatable bonds is 4. The molecule has 110 valence electrons. The summed E-state index contributed by atoms with van der Waals surface area (Å²) in [5.41, 5.74) is 0.901. The summed E-state index contributed by atoms with van der Waals surface area (Å²) in [4.78, 5) is 13.0. The van der Waals surface area contributed by atoms with E-state index in [0.29, 0.717) is 12.5 Å². The van der Waals surface area contributed by atoms with Gasteiger partial charge in [0, 0.05) is 19.5 Å². The number of hydrogen-bond acceptors (Lipinski definition) is 5. The highest BCUT2D eigenvalue weighted by atomic mass is 16.4. The predicted molar refractivity (Wildman–Crippen MR) is 76.3 cm³/mol. The fourth-order valence-corrected chi connectivity index (χ4v) is 2.78. The van der Waals surface area contributed by atoms with Crippen molar-refractivity contribution in [3.63, 3.8) is 0 Å². The number of aromatic nitrogens is 4. The largest absolute Gasteiger partial charge is 0.481 e. The Bertz CT molecular complexity index is 613. The number of carboxylic acids is 1. The highest BCUT2D eigenvalue weighted by Gasteiger charge is 2.25. The minimum atomic E-state index is -0.746. The predicted octanol–water partition coefficient (Wildman–Crippen LogP) is 1.35. The Hall–Kier alpha value is -2.44. The topological polar surface area (TPSA) is 84.1 Å². The Morgan fingerprint density at radius 3 is 2.90 bits per heavy atom. The smallest absolute Gasteiger partial charge is 0.303 e. The van der Waals surface area contributed by atoms with Crippen LogP contribution in [0.25, 0.3) is 5.69 Å². The molecule has 3 rings (SSSR count). The van der Waals surface area contributed by atoms with Gasteiger partial charge in [0.1, 0.15) is 0 Å². The fourth-order valence-electron chi connectivity index (χ4n) is 2.78. The van der Waals surface area contributed by atoms with Crippen LogP contribution in [0.3, 0.4) is 0 Å². The molecule has 21 heavy (non-hydrogen) atoms. The molecule has 1 saturated heterocycles. The van der Waals surface area contributed by atoms with E-state index < -0.39 is 5.97 Å². The van der Waals surface area contributed by atoms with Gasteiger partial charge in [-0.25, -0.2) is 0 Å². The monoisotopic (exact) mass is 287 g/mol. The summed E-state index contributed by atoms with van der Waals surface area (Å²) in [6.07, 6.45) is 2.10. The summed E-state index contributed by atoms with van der Waals surface area (Å²) in [5.74, 6) is 0.0814. The second-order valence-corrected chi connectivity index (χ2v) is 5.28. The number of carbonyl (C=O) groups is 1. The summed E-state index contributed by atoms with van der Waals surface area (Å²) >= 11 is 0. The van der Waals surface area contributed by atoms with E-state index >= 15 is 0 Å². The minimum Gasteiger partial charge on any atom is -0.481 e. The molecule has 1 unspecified atom stereocenters. The SMILES string of the molecule is O=C(O)CC1CCCN(c2nnnn2-c2ccccc2)C1. The highest BCUT2D eigenvalue weighted by Crippen LogP contribution is 2.24. The fraction of sp³-hybridized carbons (Fsp3) is 0.429. The van der Waals surface area contributed by atoms with Crippen molar-refractivity contribution in [3.8, 4) is 5.69 Å². The van der Waals surface area contributed by atoms with Crippen molar-refractivity contribution in [1.82, 2.24) is 20.2 Å². The highest BCUT2D eigenvalue weighted by molar-refractivity contribution is 5.67. The van der Waals surface area contributed by atoms with E-state index in [1.165, 1.54) is 0 Å². The lowest BCUT2D eigenvalue weighted by atomic mass is 9.95. The molecule has 0 aliphatic carbocycles. The van der Waals surface area contributed by atoms with Crippen molar-refractivity contribution in [1.29, 1.82) is 0 Å². The molecule has 0 radical (unpaired) electrons. The van der Waals surface area contributed by atoms with Gasteiger partial charge in [-0.1, -0.05) is 23.3 Å². The average Bonchev–Trinajstić information content (AvgIpc) is 2.97. The molecule has 0 amide bonds. The van der Waals surface area contributed by atoms with Crippen LogP contribution in [0, 0.1) is 5.92 Å². The summed E-state index contributed by atoms with van der Waals surface area (Å²) in [6.45, 7) is 1.53. The molecular weight excluding hydrogens is 270 g/mol. The molecule has 2 aromatic rings. The summed E-state index contributed by atoms with van der Waals surface area (Å²) in [6, 6.07) is 9.70. The van der Waals surface area contributed by atoms with Crippen LogP contribution >= 0.6 is 0 Å². The van der Waals surface area contributed by atoms with Crippen LogP contribution in [0.5, 0.6) is 0 Å². The Morgan fingerprint density at radius 2 is 2.14 bits per heavy atom. The second kappa shape index (κ2) is 5.90. The van der Waals surface area contributed by atoms with E-state index in [1.54, 1.807) is 4.68 Å². The molecule has 1 aliphatic heterocycles. The molecule has 1 atom stereocenters.